The first-order valence-electron chi connectivity index (χ1n) is 5.90. The van der Waals surface area contributed by atoms with Crippen LogP contribution < -0.4 is 0 Å². The number of benzene rings is 1. The zero-order chi connectivity index (χ0) is 15.3. The van der Waals surface area contributed by atoms with Gasteiger partial charge in [0.25, 0.3) is 0 Å². The van der Waals surface area contributed by atoms with E-state index in [-0.39, 0.29) is 18.8 Å². The van der Waals surface area contributed by atoms with Gasteiger partial charge in [-0.3, -0.25) is 9.59 Å². The maximum Gasteiger partial charge on any atom is 0.324 e. The van der Waals surface area contributed by atoms with Crippen molar-refractivity contribution in [2.45, 2.75) is 19.8 Å². The number of carbonyl (C=O) groups excluding carboxylic acids is 2. The molecule has 110 valence electrons. The predicted octanol–water partition coefficient (Wildman–Crippen LogP) is 2.31. The summed E-state index contributed by atoms with van der Waals surface area (Å²) >= 11 is 0. The van der Waals surface area contributed by atoms with E-state index in [0.717, 1.165) is 0 Å². The molecular formula is C13H13F3O4. The van der Waals surface area contributed by atoms with Crippen molar-refractivity contribution in [3.05, 3.63) is 35.1 Å². The molecule has 0 aliphatic heterocycles. The van der Waals surface area contributed by atoms with Gasteiger partial charge in [0.05, 0.1) is 13.2 Å². The van der Waals surface area contributed by atoms with Crippen LogP contribution in [0, 0.1) is 17.5 Å². The maximum atomic E-state index is 13.2. The molecule has 0 spiro atoms. The lowest BCUT2D eigenvalue weighted by Gasteiger charge is -2.15. The lowest BCUT2D eigenvalue weighted by atomic mass is 9.99. The first kappa shape index (κ1) is 16.0. The Morgan fingerprint density at radius 3 is 1.75 bits per heavy atom. The molecule has 4 nitrogen and oxygen atoms in total. The number of esters is 2. The Labute approximate surface area is 113 Å². The Hall–Kier alpha value is -2.05. The molecule has 0 N–H and O–H groups in total. The summed E-state index contributed by atoms with van der Waals surface area (Å²) in [5, 5.41) is 0. The Bertz CT molecular complexity index is 475. The summed E-state index contributed by atoms with van der Waals surface area (Å²) < 4.78 is 48.6. The summed E-state index contributed by atoms with van der Waals surface area (Å²) in [6.45, 7) is 2.96. The summed E-state index contributed by atoms with van der Waals surface area (Å²) in [7, 11) is 0. The monoisotopic (exact) mass is 290 g/mol. The summed E-state index contributed by atoms with van der Waals surface area (Å²) in [4.78, 5) is 23.4. The van der Waals surface area contributed by atoms with Gasteiger partial charge < -0.3 is 9.47 Å². The van der Waals surface area contributed by atoms with Crippen molar-refractivity contribution in [2.24, 2.45) is 0 Å². The van der Waals surface area contributed by atoms with Gasteiger partial charge in [-0.1, -0.05) is 0 Å². The second kappa shape index (κ2) is 6.93. The quantitative estimate of drug-likeness (QED) is 0.474. The second-order valence-corrected chi connectivity index (χ2v) is 3.74. The molecule has 0 unspecified atom stereocenters. The van der Waals surface area contributed by atoms with Gasteiger partial charge in [0.1, 0.15) is 0 Å². The lowest BCUT2D eigenvalue weighted by molar-refractivity contribution is -0.156. The van der Waals surface area contributed by atoms with Gasteiger partial charge in [-0.05, 0) is 31.5 Å². The number of hydrogen-bond donors (Lipinski definition) is 0. The number of rotatable bonds is 5. The molecule has 0 fully saturated rings. The number of carbonyl (C=O) groups is 2. The van der Waals surface area contributed by atoms with Crippen molar-refractivity contribution in [1.29, 1.82) is 0 Å². The lowest BCUT2D eigenvalue weighted by Crippen LogP contribution is -2.26. The smallest absolute Gasteiger partial charge is 0.324 e. The third kappa shape index (κ3) is 3.49. The van der Waals surface area contributed by atoms with E-state index in [1.807, 2.05) is 0 Å². The van der Waals surface area contributed by atoms with Crippen LogP contribution in [0.15, 0.2) is 12.1 Å². The van der Waals surface area contributed by atoms with Crippen molar-refractivity contribution in [2.75, 3.05) is 13.2 Å². The molecule has 0 atom stereocenters. The average Bonchev–Trinajstić information content (AvgIpc) is 2.36. The van der Waals surface area contributed by atoms with Crippen molar-refractivity contribution in [1.82, 2.24) is 0 Å². The van der Waals surface area contributed by atoms with E-state index in [0.29, 0.717) is 12.1 Å². The molecule has 0 heterocycles. The molecule has 1 aromatic carbocycles. The van der Waals surface area contributed by atoms with Crippen LogP contribution in [0.5, 0.6) is 0 Å². The zero-order valence-corrected chi connectivity index (χ0v) is 10.9. The molecule has 0 amide bonds. The minimum Gasteiger partial charge on any atom is -0.465 e. The summed E-state index contributed by atoms with van der Waals surface area (Å²) in [5.74, 6) is -8.37. The highest BCUT2D eigenvalue weighted by Crippen LogP contribution is 2.23. The van der Waals surface area contributed by atoms with Crippen LogP contribution in [0.1, 0.15) is 25.3 Å². The van der Waals surface area contributed by atoms with Gasteiger partial charge in [-0.25, -0.2) is 13.2 Å². The standard InChI is InChI=1S/C13H13F3O4/c1-3-19-12(17)10(13(18)20-4-2)7-5-8(14)11(16)9(15)6-7/h5-6,10H,3-4H2,1-2H3. The Kier molecular flexibility index (Phi) is 5.54. The summed E-state index contributed by atoms with van der Waals surface area (Å²) in [6.07, 6.45) is 0. The van der Waals surface area contributed by atoms with Crippen molar-refractivity contribution in [3.8, 4) is 0 Å². The van der Waals surface area contributed by atoms with E-state index in [1.165, 1.54) is 13.8 Å². The van der Waals surface area contributed by atoms with Gasteiger partial charge in [0, 0.05) is 0 Å². The molecule has 0 saturated carbocycles. The van der Waals surface area contributed by atoms with E-state index in [1.54, 1.807) is 0 Å². The first-order chi connectivity index (χ1) is 9.42. The Morgan fingerprint density at radius 2 is 1.40 bits per heavy atom. The fourth-order valence-electron chi connectivity index (χ4n) is 1.56. The van der Waals surface area contributed by atoms with E-state index < -0.39 is 35.3 Å². The first-order valence-corrected chi connectivity index (χ1v) is 5.90. The second-order valence-electron chi connectivity index (χ2n) is 3.74. The van der Waals surface area contributed by atoms with Crippen molar-refractivity contribution < 1.29 is 32.2 Å². The van der Waals surface area contributed by atoms with Crippen LogP contribution in [0.2, 0.25) is 0 Å². The summed E-state index contributed by atoms with van der Waals surface area (Å²) in [6, 6.07) is 1.13. The zero-order valence-electron chi connectivity index (χ0n) is 10.9. The van der Waals surface area contributed by atoms with Gasteiger partial charge in [-0.15, -0.1) is 0 Å². The third-order valence-corrected chi connectivity index (χ3v) is 2.38. The van der Waals surface area contributed by atoms with E-state index >= 15 is 0 Å². The van der Waals surface area contributed by atoms with Gasteiger partial charge in [-0.2, -0.15) is 0 Å². The van der Waals surface area contributed by atoms with Crippen LogP contribution >= 0.6 is 0 Å². The van der Waals surface area contributed by atoms with Crippen LogP contribution in [0.3, 0.4) is 0 Å². The third-order valence-electron chi connectivity index (χ3n) is 2.38. The minimum atomic E-state index is -1.68. The van der Waals surface area contributed by atoms with Crippen LogP contribution in [0.25, 0.3) is 0 Å². The average molecular weight is 290 g/mol. The predicted molar refractivity (Wildman–Crippen MR) is 62.3 cm³/mol. The van der Waals surface area contributed by atoms with Crippen LogP contribution in [0.4, 0.5) is 13.2 Å². The molecule has 1 rings (SSSR count). The molecule has 0 aromatic heterocycles. The molecule has 7 heteroatoms. The molecule has 0 aliphatic rings. The Morgan fingerprint density at radius 1 is 1.00 bits per heavy atom. The molecule has 1 aromatic rings. The molecule has 0 saturated heterocycles. The van der Waals surface area contributed by atoms with Gasteiger partial charge in [0.15, 0.2) is 23.4 Å². The van der Waals surface area contributed by atoms with Crippen LogP contribution in [-0.2, 0) is 19.1 Å². The molecular weight excluding hydrogens is 277 g/mol. The molecule has 0 bridgehead atoms. The van der Waals surface area contributed by atoms with E-state index in [9.17, 15) is 22.8 Å². The topological polar surface area (TPSA) is 52.6 Å². The number of halogens is 3. The van der Waals surface area contributed by atoms with Crippen molar-refractivity contribution in [3.63, 3.8) is 0 Å². The molecule has 0 radical (unpaired) electrons. The van der Waals surface area contributed by atoms with E-state index in [4.69, 9.17) is 0 Å². The maximum absolute atomic E-state index is 13.2. The Balaban J connectivity index is 3.23. The van der Waals surface area contributed by atoms with Crippen molar-refractivity contribution >= 4 is 11.9 Å². The highest BCUT2D eigenvalue weighted by atomic mass is 19.2. The van der Waals surface area contributed by atoms with E-state index in [2.05, 4.69) is 9.47 Å². The number of hydrogen-bond acceptors (Lipinski definition) is 4. The molecule has 20 heavy (non-hydrogen) atoms. The fourth-order valence-corrected chi connectivity index (χ4v) is 1.56. The van der Waals surface area contributed by atoms with Gasteiger partial charge in [0.2, 0.25) is 0 Å². The normalized spacial score (nSPS) is 10.5. The van der Waals surface area contributed by atoms with Crippen LogP contribution in [-0.4, -0.2) is 25.2 Å². The summed E-state index contributed by atoms with van der Waals surface area (Å²) in [5.41, 5.74) is -0.363. The minimum absolute atomic E-state index is 0.0269. The number of ether oxygens (including phenoxy) is 2. The SMILES string of the molecule is CCOC(=O)C(C(=O)OCC)c1cc(F)c(F)c(F)c1. The van der Waals surface area contributed by atoms with Gasteiger partial charge >= 0.3 is 11.9 Å². The molecule has 0 aliphatic carbocycles. The highest BCUT2D eigenvalue weighted by molar-refractivity contribution is 6.00. The fraction of sp³-hybridized carbons (Fsp3) is 0.385. The highest BCUT2D eigenvalue weighted by Gasteiger charge is 2.33. The largest absolute Gasteiger partial charge is 0.465 e.